The first kappa shape index (κ1) is 21.1. The standard InChI is InChI=1S/C19H28FNO4/c1-5-21(12-16-7-6-8-17(20)11-16)18(22)13-25-19(23)15(4)24-10-9-14(2)3/h6-8,11,14-15H,5,9-10,12-13H2,1-4H3. The van der Waals surface area contributed by atoms with Crippen molar-refractivity contribution in [1.82, 2.24) is 4.90 Å². The van der Waals surface area contributed by atoms with Crippen LogP contribution in [0.5, 0.6) is 0 Å². The molecule has 0 saturated heterocycles. The van der Waals surface area contributed by atoms with Gasteiger partial charge in [-0.3, -0.25) is 4.79 Å². The highest BCUT2D eigenvalue weighted by Crippen LogP contribution is 2.08. The SMILES string of the molecule is CCN(Cc1cccc(F)c1)C(=O)COC(=O)C(C)OCCC(C)C. The number of nitrogens with zero attached hydrogens (tertiary/aromatic N) is 1. The summed E-state index contributed by atoms with van der Waals surface area (Å²) in [6.07, 6.45) is 0.151. The van der Waals surface area contributed by atoms with Crippen LogP contribution in [0.25, 0.3) is 0 Å². The predicted octanol–water partition coefficient (Wildman–Crippen LogP) is 3.17. The maximum Gasteiger partial charge on any atom is 0.335 e. The minimum Gasteiger partial charge on any atom is -0.454 e. The molecule has 0 radical (unpaired) electrons. The van der Waals surface area contributed by atoms with Gasteiger partial charge in [-0.05, 0) is 43.9 Å². The van der Waals surface area contributed by atoms with E-state index in [2.05, 4.69) is 13.8 Å². The molecule has 0 aromatic heterocycles. The molecule has 6 heteroatoms. The zero-order valence-electron chi connectivity index (χ0n) is 15.5. The monoisotopic (exact) mass is 353 g/mol. The van der Waals surface area contributed by atoms with Gasteiger partial charge in [0.1, 0.15) is 5.82 Å². The van der Waals surface area contributed by atoms with E-state index < -0.39 is 12.1 Å². The molecule has 0 aliphatic rings. The molecule has 1 atom stereocenters. The second-order valence-corrected chi connectivity index (χ2v) is 6.34. The van der Waals surface area contributed by atoms with Crippen molar-refractivity contribution in [3.63, 3.8) is 0 Å². The molecule has 0 aliphatic heterocycles. The summed E-state index contributed by atoms with van der Waals surface area (Å²) in [4.78, 5) is 25.6. The summed E-state index contributed by atoms with van der Waals surface area (Å²) in [5.41, 5.74) is 0.687. The Kier molecular flexibility index (Phi) is 9.13. The van der Waals surface area contributed by atoms with E-state index in [-0.39, 0.29) is 24.9 Å². The normalized spacial score (nSPS) is 12.1. The van der Waals surface area contributed by atoms with Crippen molar-refractivity contribution in [1.29, 1.82) is 0 Å². The highest BCUT2D eigenvalue weighted by atomic mass is 19.1. The highest BCUT2D eigenvalue weighted by Gasteiger charge is 2.19. The zero-order chi connectivity index (χ0) is 18.8. The fourth-order valence-electron chi connectivity index (χ4n) is 2.12. The summed E-state index contributed by atoms with van der Waals surface area (Å²) in [6, 6.07) is 6.07. The Labute approximate surface area is 149 Å². The first-order valence-corrected chi connectivity index (χ1v) is 8.64. The summed E-state index contributed by atoms with van der Waals surface area (Å²) in [5, 5.41) is 0. The van der Waals surface area contributed by atoms with Crippen LogP contribution in [0, 0.1) is 11.7 Å². The Morgan fingerprint density at radius 1 is 1.24 bits per heavy atom. The van der Waals surface area contributed by atoms with Crippen molar-refractivity contribution in [2.75, 3.05) is 19.8 Å². The number of ether oxygens (including phenoxy) is 2. The van der Waals surface area contributed by atoms with Gasteiger partial charge in [-0.2, -0.15) is 0 Å². The number of halogens is 1. The zero-order valence-corrected chi connectivity index (χ0v) is 15.5. The molecule has 1 rings (SSSR count). The lowest BCUT2D eigenvalue weighted by Gasteiger charge is -2.21. The van der Waals surface area contributed by atoms with Gasteiger partial charge < -0.3 is 14.4 Å². The van der Waals surface area contributed by atoms with Gasteiger partial charge in [-0.25, -0.2) is 9.18 Å². The molecule has 25 heavy (non-hydrogen) atoms. The van der Waals surface area contributed by atoms with Crippen molar-refractivity contribution in [3.8, 4) is 0 Å². The summed E-state index contributed by atoms with van der Waals surface area (Å²) in [6.45, 7) is 8.40. The van der Waals surface area contributed by atoms with Gasteiger partial charge >= 0.3 is 5.97 Å². The predicted molar refractivity (Wildman–Crippen MR) is 93.3 cm³/mol. The number of carbonyl (C=O) groups is 2. The topological polar surface area (TPSA) is 55.8 Å². The summed E-state index contributed by atoms with van der Waals surface area (Å²) >= 11 is 0. The first-order valence-electron chi connectivity index (χ1n) is 8.64. The molecule has 5 nitrogen and oxygen atoms in total. The third-order valence-electron chi connectivity index (χ3n) is 3.73. The van der Waals surface area contributed by atoms with E-state index in [9.17, 15) is 14.0 Å². The van der Waals surface area contributed by atoms with Crippen molar-refractivity contribution in [2.24, 2.45) is 5.92 Å². The Morgan fingerprint density at radius 2 is 1.96 bits per heavy atom. The second kappa shape index (κ2) is 10.8. The molecule has 140 valence electrons. The number of rotatable bonds is 10. The van der Waals surface area contributed by atoms with Gasteiger partial charge in [-0.15, -0.1) is 0 Å². The van der Waals surface area contributed by atoms with Crippen LogP contribution in [0.3, 0.4) is 0 Å². The first-order chi connectivity index (χ1) is 11.8. The van der Waals surface area contributed by atoms with Crippen LogP contribution in [0.4, 0.5) is 4.39 Å². The minimum atomic E-state index is -0.704. The van der Waals surface area contributed by atoms with Gasteiger partial charge in [-0.1, -0.05) is 26.0 Å². The Morgan fingerprint density at radius 3 is 2.56 bits per heavy atom. The van der Waals surface area contributed by atoms with E-state index in [1.165, 1.54) is 17.0 Å². The number of hydrogen-bond acceptors (Lipinski definition) is 4. The van der Waals surface area contributed by atoms with Crippen molar-refractivity contribution in [2.45, 2.75) is 46.8 Å². The molecule has 0 spiro atoms. The van der Waals surface area contributed by atoms with E-state index in [1.807, 2.05) is 6.92 Å². The van der Waals surface area contributed by atoms with E-state index in [1.54, 1.807) is 19.1 Å². The summed E-state index contributed by atoms with van der Waals surface area (Å²) in [7, 11) is 0. The van der Waals surface area contributed by atoms with Gasteiger partial charge in [0.05, 0.1) is 0 Å². The van der Waals surface area contributed by atoms with Crippen molar-refractivity contribution >= 4 is 11.9 Å². The lowest BCUT2D eigenvalue weighted by Crippen LogP contribution is -2.35. The molecular weight excluding hydrogens is 325 g/mol. The molecule has 0 heterocycles. The Balaban J connectivity index is 2.43. The lowest BCUT2D eigenvalue weighted by atomic mass is 10.1. The largest absolute Gasteiger partial charge is 0.454 e. The highest BCUT2D eigenvalue weighted by molar-refractivity contribution is 5.81. The Hall–Kier alpha value is -1.95. The number of esters is 1. The third kappa shape index (κ3) is 8.12. The molecule has 0 bridgehead atoms. The average molecular weight is 353 g/mol. The van der Waals surface area contributed by atoms with E-state index in [0.29, 0.717) is 24.6 Å². The maximum absolute atomic E-state index is 13.2. The number of carbonyl (C=O) groups excluding carboxylic acids is 2. The number of benzene rings is 1. The summed E-state index contributed by atoms with van der Waals surface area (Å²) in [5.74, 6) is -0.737. The smallest absolute Gasteiger partial charge is 0.335 e. The maximum atomic E-state index is 13.2. The van der Waals surface area contributed by atoms with Crippen LogP contribution in [-0.2, 0) is 25.6 Å². The van der Waals surface area contributed by atoms with Gasteiger partial charge in [0.15, 0.2) is 12.7 Å². The summed E-state index contributed by atoms with van der Waals surface area (Å²) < 4.78 is 23.7. The van der Waals surface area contributed by atoms with Crippen LogP contribution in [-0.4, -0.2) is 42.6 Å². The molecule has 1 aromatic rings. The number of amides is 1. The lowest BCUT2D eigenvalue weighted by molar-refractivity contribution is -0.161. The van der Waals surface area contributed by atoms with Crippen molar-refractivity contribution < 1.29 is 23.5 Å². The number of hydrogen-bond donors (Lipinski definition) is 0. The van der Waals surface area contributed by atoms with E-state index in [0.717, 1.165) is 6.42 Å². The van der Waals surface area contributed by atoms with Crippen LogP contribution >= 0.6 is 0 Å². The number of likely N-dealkylation sites (N-methyl/N-ethyl adjacent to an activating group) is 1. The molecule has 1 amide bonds. The fraction of sp³-hybridized carbons (Fsp3) is 0.579. The average Bonchev–Trinajstić information content (AvgIpc) is 2.56. The molecular formula is C19H28FNO4. The third-order valence-corrected chi connectivity index (χ3v) is 3.73. The Bertz CT molecular complexity index is 562. The quantitative estimate of drug-likeness (QED) is 0.606. The van der Waals surface area contributed by atoms with E-state index >= 15 is 0 Å². The van der Waals surface area contributed by atoms with E-state index in [4.69, 9.17) is 9.47 Å². The fourth-order valence-corrected chi connectivity index (χ4v) is 2.12. The molecule has 0 aliphatic carbocycles. The molecule has 0 fully saturated rings. The van der Waals surface area contributed by atoms with Crippen molar-refractivity contribution in [3.05, 3.63) is 35.6 Å². The molecule has 0 N–H and O–H groups in total. The van der Waals surface area contributed by atoms with Crippen LogP contribution in [0.15, 0.2) is 24.3 Å². The van der Waals surface area contributed by atoms with Gasteiger partial charge in [0, 0.05) is 19.7 Å². The van der Waals surface area contributed by atoms with Crippen LogP contribution in [0.1, 0.15) is 39.7 Å². The van der Waals surface area contributed by atoms with Crippen LogP contribution in [0.2, 0.25) is 0 Å². The van der Waals surface area contributed by atoms with Crippen LogP contribution < -0.4 is 0 Å². The molecule has 0 saturated carbocycles. The minimum absolute atomic E-state index is 0.269. The molecule has 1 unspecified atom stereocenters. The van der Waals surface area contributed by atoms with Gasteiger partial charge in [0.25, 0.3) is 5.91 Å². The van der Waals surface area contributed by atoms with Gasteiger partial charge in [0.2, 0.25) is 0 Å². The second-order valence-electron chi connectivity index (χ2n) is 6.34. The molecule has 1 aromatic carbocycles.